The molecular weight excluding hydrogens is 438 g/mol. The van der Waals surface area contributed by atoms with Gasteiger partial charge in [0.1, 0.15) is 0 Å². The van der Waals surface area contributed by atoms with Crippen LogP contribution in [0.5, 0.6) is 5.75 Å². The largest absolute Gasteiger partial charge is 0.465 e. The number of carboxylic acid groups (broad SMARTS) is 1. The Balaban J connectivity index is 1.56. The predicted octanol–water partition coefficient (Wildman–Crippen LogP) is 3.57. The number of hydrogen-bond donors (Lipinski definition) is 2. The van der Waals surface area contributed by atoms with Gasteiger partial charge in [0.25, 0.3) is 6.01 Å². The number of piperazine rings is 1. The topological polar surface area (TPSA) is 112 Å². The van der Waals surface area contributed by atoms with Gasteiger partial charge in [-0.05, 0) is 44.5 Å². The number of benzene rings is 1. The van der Waals surface area contributed by atoms with Gasteiger partial charge >= 0.3 is 12.2 Å². The third kappa shape index (κ3) is 3.52. The molecule has 3 aliphatic rings. The van der Waals surface area contributed by atoms with Crippen molar-refractivity contribution in [3.8, 4) is 17.0 Å². The lowest BCUT2D eigenvalue weighted by Gasteiger charge is -2.54. The average Bonchev–Trinajstić information content (AvgIpc) is 3.19. The maximum Gasteiger partial charge on any atom is 0.426 e. The molecule has 6 rings (SSSR count). The lowest BCUT2D eigenvalue weighted by atomic mass is 9.88. The number of alkyl halides is 2. The highest BCUT2D eigenvalue weighted by Gasteiger charge is 2.50. The summed E-state index contributed by atoms with van der Waals surface area (Å²) < 4.78 is 39.9. The monoisotopic (exact) mass is 460 g/mol. The number of piperidine rings is 1. The van der Waals surface area contributed by atoms with E-state index in [0.29, 0.717) is 24.3 Å². The van der Waals surface area contributed by atoms with Gasteiger partial charge < -0.3 is 24.3 Å². The number of halogens is 2. The first-order valence-corrected chi connectivity index (χ1v) is 10.5. The first kappa shape index (κ1) is 21.4. The van der Waals surface area contributed by atoms with Crippen LogP contribution in [-0.4, -0.2) is 68.1 Å². The van der Waals surface area contributed by atoms with Crippen LogP contribution in [-0.2, 0) is 0 Å². The molecule has 0 radical (unpaired) electrons. The number of oxazole rings is 1. The molecule has 0 spiro atoms. The Bertz CT molecular complexity index is 1200. The molecule has 2 atom stereocenters. The van der Waals surface area contributed by atoms with E-state index in [4.69, 9.17) is 9.15 Å². The van der Waals surface area contributed by atoms with Gasteiger partial charge in [-0.25, -0.2) is 4.79 Å². The quantitative estimate of drug-likeness (QED) is 0.594. The van der Waals surface area contributed by atoms with Crippen molar-refractivity contribution in [1.29, 1.82) is 0 Å². The van der Waals surface area contributed by atoms with Gasteiger partial charge in [-0.3, -0.25) is 9.88 Å². The molecule has 3 aromatic rings. The third-order valence-corrected chi connectivity index (χ3v) is 6.07. The average molecular weight is 460 g/mol. The standard InChI is InChI=1S/C22H22F2N4O5/c1-21(2,31)22(23,24)33-16-7-6-14(15-5-3-4-8-25-15)18-17(16)26-19(32-18)27-10-12-9-13(11-27)28(12)20(29)30/h3-8,12-13,31H,9-11H2,1-2H3,(H,29,30). The molecule has 3 aliphatic heterocycles. The van der Waals surface area contributed by atoms with E-state index >= 15 is 0 Å². The molecule has 2 aromatic heterocycles. The molecule has 1 aromatic carbocycles. The second kappa shape index (κ2) is 7.27. The summed E-state index contributed by atoms with van der Waals surface area (Å²) in [6, 6.07) is 8.02. The van der Waals surface area contributed by atoms with Crippen molar-refractivity contribution in [2.24, 2.45) is 0 Å². The number of pyridine rings is 1. The number of ether oxygens (including phenoxy) is 1. The van der Waals surface area contributed by atoms with Crippen molar-refractivity contribution in [2.45, 2.75) is 44.1 Å². The fraction of sp³-hybridized carbons (Fsp3) is 0.409. The maximum atomic E-state index is 14.5. The number of rotatable bonds is 5. The highest BCUT2D eigenvalue weighted by atomic mass is 19.3. The summed E-state index contributed by atoms with van der Waals surface area (Å²) in [5.41, 5.74) is -1.06. The van der Waals surface area contributed by atoms with Gasteiger partial charge in [-0.2, -0.15) is 13.8 Å². The van der Waals surface area contributed by atoms with Crippen LogP contribution in [0.15, 0.2) is 40.9 Å². The maximum absolute atomic E-state index is 14.5. The zero-order valence-corrected chi connectivity index (χ0v) is 17.9. The smallest absolute Gasteiger partial charge is 0.426 e. The molecule has 11 heteroatoms. The van der Waals surface area contributed by atoms with Crippen molar-refractivity contribution in [1.82, 2.24) is 14.9 Å². The van der Waals surface area contributed by atoms with E-state index < -0.39 is 17.8 Å². The third-order valence-electron chi connectivity index (χ3n) is 6.07. The number of nitrogens with zero attached hydrogens (tertiary/aromatic N) is 4. The number of carbonyl (C=O) groups is 1. The molecule has 2 unspecified atom stereocenters. The van der Waals surface area contributed by atoms with Gasteiger partial charge in [-0.1, -0.05) is 6.07 Å². The number of amides is 1. The minimum absolute atomic E-state index is 0.0615. The SMILES string of the molecule is CC(C)(O)C(F)(F)Oc1ccc(-c2ccccn2)c2oc(N3CC4CC(C3)N4C(=O)O)nc12. The number of aliphatic hydroxyl groups is 1. The summed E-state index contributed by atoms with van der Waals surface area (Å²) in [6.07, 6.45) is -2.49. The van der Waals surface area contributed by atoms with Crippen molar-refractivity contribution >= 4 is 23.2 Å². The fourth-order valence-corrected chi connectivity index (χ4v) is 4.25. The summed E-state index contributed by atoms with van der Waals surface area (Å²) in [6.45, 7) is 2.67. The molecule has 2 N–H and O–H groups in total. The molecule has 0 saturated carbocycles. The van der Waals surface area contributed by atoms with Gasteiger partial charge in [0, 0.05) is 24.8 Å². The Morgan fingerprint density at radius 3 is 2.55 bits per heavy atom. The highest BCUT2D eigenvalue weighted by molar-refractivity contribution is 5.94. The van der Waals surface area contributed by atoms with E-state index in [2.05, 4.69) is 9.97 Å². The van der Waals surface area contributed by atoms with Crippen molar-refractivity contribution in [3.05, 3.63) is 36.5 Å². The molecule has 1 amide bonds. The second-order valence-electron chi connectivity index (χ2n) is 8.82. The Hall–Kier alpha value is -3.47. The molecular formula is C22H22F2N4O5. The second-order valence-corrected chi connectivity index (χ2v) is 8.82. The van der Waals surface area contributed by atoms with Gasteiger partial charge in [-0.15, -0.1) is 0 Å². The zero-order valence-electron chi connectivity index (χ0n) is 17.9. The summed E-state index contributed by atoms with van der Waals surface area (Å²) in [5.74, 6) is -0.249. The van der Waals surface area contributed by atoms with E-state index in [1.165, 1.54) is 11.0 Å². The lowest BCUT2D eigenvalue weighted by molar-refractivity contribution is -0.275. The fourth-order valence-electron chi connectivity index (χ4n) is 4.25. The van der Waals surface area contributed by atoms with Gasteiger partial charge in [0.2, 0.25) is 0 Å². The predicted molar refractivity (Wildman–Crippen MR) is 113 cm³/mol. The number of hydrogen-bond acceptors (Lipinski definition) is 7. The normalized spacial score (nSPS) is 20.6. The summed E-state index contributed by atoms with van der Waals surface area (Å²) >= 11 is 0. The van der Waals surface area contributed by atoms with Crippen LogP contribution in [0.2, 0.25) is 0 Å². The zero-order chi connectivity index (χ0) is 23.5. The molecule has 3 fully saturated rings. The Labute approximate surface area is 187 Å². The van der Waals surface area contributed by atoms with Crippen molar-refractivity contribution < 1.29 is 32.9 Å². The van der Waals surface area contributed by atoms with Crippen LogP contribution in [0.3, 0.4) is 0 Å². The summed E-state index contributed by atoms with van der Waals surface area (Å²) in [7, 11) is 0. The molecule has 2 bridgehead atoms. The van der Waals surface area contributed by atoms with E-state index in [1.54, 1.807) is 35.4 Å². The van der Waals surface area contributed by atoms with E-state index in [-0.39, 0.29) is 34.9 Å². The highest BCUT2D eigenvalue weighted by Crippen LogP contribution is 2.41. The van der Waals surface area contributed by atoms with Crippen LogP contribution in [0.25, 0.3) is 22.4 Å². The molecule has 5 heterocycles. The summed E-state index contributed by atoms with van der Waals surface area (Å²) in [4.78, 5) is 23.4. The summed E-state index contributed by atoms with van der Waals surface area (Å²) in [5, 5.41) is 19.2. The van der Waals surface area contributed by atoms with E-state index in [9.17, 15) is 23.8 Å². The number of aromatic nitrogens is 2. The minimum Gasteiger partial charge on any atom is -0.465 e. The van der Waals surface area contributed by atoms with Crippen LogP contribution in [0.1, 0.15) is 20.3 Å². The van der Waals surface area contributed by atoms with Gasteiger partial charge in [0.05, 0.1) is 17.8 Å². The van der Waals surface area contributed by atoms with Crippen molar-refractivity contribution in [3.63, 3.8) is 0 Å². The minimum atomic E-state index is -3.89. The first-order chi connectivity index (χ1) is 15.5. The molecule has 174 valence electrons. The van der Waals surface area contributed by atoms with Crippen LogP contribution >= 0.6 is 0 Å². The molecule has 0 aliphatic carbocycles. The molecule has 33 heavy (non-hydrogen) atoms. The first-order valence-electron chi connectivity index (χ1n) is 10.5. The molecule has 9 nitrogen and oxygen atoms in total. The van der Waals surface area contributed by atoms with Crippen LogP contribution in [0, 0.1) is 0 Å². The Kier molecular flexibility index (Phi) is 4.71. The lowest BCUT2D eigenvalue weighted by Crippen LogP contribution is -2.70. The molecule has 3 saturated heterocycles. The van der Waals surface area contributed by atoms with Crippen LogP contribution < -0.4 is 9.64 Å². The van der Waals surface area contributed by atoms with Gasteiger partial charge in [0.15, 0.2) is 22.5 Å². The van der Waals surface area contributed by atoms with E-state index in [1.807, 2.05) is 0 Å². The van der Waals surface area contributed by atoms with Crippen LogP contribution in [0.4, 0.5) is 19.6 Å². The Morgan fingerprint density at radius 2 is 1.94 bits per heavy atom. The number of anilines is 1. The van der Waals surface area contributed by atoms with E-state index in [0.717, 1.165) is 20.3 Å². The Morgan fingerprint density at radius 1 is 1.21 bits per heavy atom. The number of fused-ring (bicyclic) bond motifs is 3. The van der Waals surface area contributed by atoms with Crippen molar-refractivity contribution in [2.75, 3.05) is 18.0 Å².